The van der Waals surface area contributed by atoms with Crippen LogP contribution in [-0.4, -0.2) is 24.4 Å². The van der Waals surface area contributed by atoms with E-state index in [0.717, 1.165) is 18.4 Å². The van der Waals surface area contributed by atoms with Crippen molar-refractivity contribution in [2.45, 2.75) is 31.1 Å². The van der Waals surface area contributed by atoms with Crippen LogP contribution < -0.4 is 5.32 Å². The quantitative estimate of drug-likeness (QED) is 0.797. The fourth-order valence-corrected chi connectivity index (χ4v) is 3.58. The Balaban J connectivity index is 1.62. The minimum atomic E-state index is -0.756. The fourth-order valence-electron chi connectivity index (χ4n) is 3.45. The van der Waals surface area contributed by atoms with Crippen LogP contribution in [-0.2, 0) is 19.7 Å². The van der Waals surface area contributed by atoms with Crippen molar-refractivity contribution in [3.8, 4) is 0 Å². The number of nitrogens with one attached hydrogen (secondary N) is 1. The molecule has 2 aromatic rings. The lowest BCUT2D eigenvalue weighted by molar-refractivity contribution is -0.154. The van der Waals surface area contributed by atoms with Crippen LogP contribution in [0.3, 0.4) is 0 Å². The largest absolute Gasteiger partial charge is 0.455 e. The Morgan fingerprint density at radius 2 is 1.59 bits per heavy atom. The number of hydrogen-bond acceptors (Lipinski definition) is 4. The summed E-state index contributed by atoms with van der Waals surface area (Å²) in [4.78, 5) is 36.8. The van der Waals surface area contributed by atoms with Gasteiger partial charge in [-0.1, -0.05) is 54.8 Å². The second kappa shape index (κ2) is 8.35. The maximum absolute atomic E-state index is 12.8. The summed E-state index contributed by atoms with van der Waals surface area (Å²) in [6.45, 7) is -0.493. The molecule has 2 aromatic carbocycles. The monoisotopic (exact) mass is 385 g/mol. The first-order chi connectivity index (χ1) is 13.0. The number of amides is 2. The molecule has 1 aliphatic carbocycles. The average Bonchev–Trinajstić information content (AvgIpc) is 3.18. The van der Waals surface area contributed by atoms with Crippen molar-refractivity contribution in [1.82, 2.24) is 5.32 Å². The normalized spacial score (nSPS) is 15.1. The number of esters is 1. The lowest BCUT2D eigenvalue weighted by Crippen LogP contribution is -2.39. The molecule has 2 amide bonds. The second-order valence-corrected chi connectivity index (χ2v) is 7.05. The number of rotatable bonds is 5. The third-order valence-corrected chi connectivity index (χ3v) is 5.12. The Kier molecular flexibility index (Phi) is 5.91. The van der Waals surface area contributed by atoms with Gasteiger partial charge in [0.15, 0.2) is 6.61 Å². The van der Waals surface area contributed by atoms with Gasteiger partial charge in [-0.05, 0) is 42.7 Å². The topological polar surface area (TPSA) is 72.5 Å². The molecule has 27 heavy (non-hydrogen) atoms. The summed E-state index contributed by atoms with van der Waals surface area (Å²) < 4.78 is 5.28. The van der Waals surface area contributed by atoms with Crippen molar-refractivity contribution in [2.75, 3.05) is 6.61 Å². The van der Waals surface area contributed by atoms with Gasteiger partial charge in [0.25, 0.3) is 11.8 Å². The predicted molar refractivity (Wildman–Crippen MR) is 101 cm³/mol. The van der Waals surface area contributed by atoms with E-state index >= 15 is 0 Å². The van der Waals surface area contributed by atoms with Gasteiger partial charge >= 0.3 is 5.97 Å². The zero-order valence-corrected chi connectivity index (χ0v) is 15.5. The van der Waals surface area contributed by atoms with Crippen molar-refractivity contribution < 1.29 is 19.1 Å². The van der Waals surface area contributed by atoms with Crippen LogP contribution in [0.1, 0.15) is 41.6 Å². The number of imide groups is 1. The molecule has 1 saturated carbocycles. The summed E-state index contributed by atoms with van der Waals surface area (Å²) >= 11 is 5.94. The van der Waals surface area contributed by atoms with Gasteiger partial charge in [-0.3, -0.25) is 19.7 Å². The Labute approximate surface area is 162 Å². The second-order valence-electron chi connectivity index (χ2n) is 6.62. The van der Waals surface area contributed by atoms with E-state index < -0.39 is 29.8 Å². The van der Waals surface area contributed by atoms with E-state index in [-0.39, 0.29) is 0 Å². The molecule has 6 heteroatoms. The molecule has 0 heterocycles. The number of hydrogen-bond donors (Lipinski definition) is 1. The fraction of sp³-hybridized carbons (Fsp3) is 0.286. The summed E-state index contributed by atoms with van der Waals surface area (Å²) in [5.41, 5.74) is 0.453. The van der Waals surface area contributed by atoms with Crippen LogP contribution in [0.2, 0.25) is 5.02 Å². The average molecular weight is 386 g/mol. The van der Waals surface area contributed by atoms with Crippen LogP contribution in [0.15, 0.2) is 54.6 Å². The molecule has 0 spiro atoms. The van der Waals surface area contributed by atoms with Crippen LogP contribution in [0.25, 0.3) is 0 Å². The van der Waals surface area contributed by atoms with E-state index in [0.29, 0.717) is 23.4 Å². The Bertz CT molecular complexity index is 827. The standard InChI is InChI=1S/C21H20ClNO4/c22-17-10-8-16(9-11-17)21(12-4-5-13-21)20(26)27-14-18(24)23-19(25)15-6-2-1-3-7-15/h1-3,6-11H,4-5,12-14H2,(H,23,24,25). The van der Waals surface area contributed by atoms with Crippen molar-refractivity contribution >= 4 is 29.4 Å². The van der Waals surface area contributed by atoms with E-state index in [4.69, 9.17) is 16.3 Å². The summed E-state index contributed by atoms with van der Waals surface area (Å²) in [6, 6.07) is 15.5. The lowest BCUT2D eigenvalue weighted by Gasteiger charge is -2.27. The van der Waals surface area contributed by atoms with Gasteiger partial charge in [0.2, 0.25) is 0 Å². The zero-order chi connectivity index (χ0) is 19.3. The summed E-state index contributed by atoms with van der Waals surface area (Å²) in [7, 11) is 0. The van der Waals surface area contributed by atoms with Crippen LogP contribution in [0.5, 0.6) is 0 Å². The maximum atomic E-state index is 12.8. The SMILES string of the molecule is O=C(COC(=O)C1(c2ccc(Cl)cc2)CCCC1)NC(=O)c1ccccc1. The molecule has 0 atom stereocenters. The van der Waals surface area contributed by atoms with Gasteiger partial charge in [0.05, 0.1) is 5.41 Å². The van der Waals surface area contributed by atoms with E-state index in [9.17, 15) is 14.4 Å². The molecule has 0 aliphatic heterocycles. The first kappa shape index (κ1) is 19.1. The molecule has 140 valence electrons. The number of carbonyl (C=O) groups is 3. The number of halogens is 1. The third kappa shape index (κ3) is 4.37. The highest BCUT2D eigenvalue weighted by Gasteiger charge is 2.44. The molecular formula is C21H20ClNO4. The van der Waals surface area contributed by atoms with Crippen molar-refractivity contribution in [3.05, 3.63) is 70.7 Å². The minimum Gasteiger partial charge on any atom is -0.455 e. The van der Waals surface area contributed by atoms with Crippen molar-refractivity contribution in [3.63, 3.8) is 0 Å². The van der Waals surface area contributed by atoms with Crippen molar-refractivity contribution in [2.24, 2.45) is 0 Å². The summed E-state index contributed by atoms with van der Waals surface area (Å²) in [5.74, 6) is -1.61. The Hall–Kier alpha value is -2.66. The third-order valence-electron chi connectivity index (χ3n) is 4.87. The van der Waals surface area contributed by atoms with Gasteiger partial charge in [-0.15, -0.1) is 0 Å². The van der Waals surface area contributed by atoms with Gasteiger partial charge in [-0.2, -0.15) is 0 Å². The highest BCUT2D eigenvalue weighted by molar-refractivity contribution is 6.30. The Morgan fingerprint density at radius 1 is 0.963 bits per heavy atom. The zero-order valence-electron chi connectivity index (χ0n) is 14.7. The number of benzene rings is 2. The van der Waals surface area contributed by atoms with E-state index in [1.807, 2.05) is 12.1 Å². The Morgan fingerprint density at radius 3 is 2.22 bits per heavy atom. The number of ether oxygens (including phenoxy) is 1. The van der Waals surface area contributed by atoms with Crippen LogP contribution in [0, 0.1) is 0 Å². The molecule has 0 radical (unpaired) electrons. The molecule has 5 nitrogen and oxygen atoms in total. The minimum absolute atomic E-state index is 0.366. The molecule has 0 bridgehead atoms. The van der Waals surface area contributed by atoms with Crippen LogP contribution >= 0.6 is 11.6 Å². The molecule has 0 unspecified atom stereocenters. The molecule has 0 aromatic heterocycles. The molecule has 1 fully saturated rings. The van der Waals surface area contributed by atoms with Gasteiger partial charge in [-0.25, -0.2) is 0 Å². The highest BCUT2D eigenvalue weighted by atomic mass is 35.5. The molecular weight excluding hydrogens is 366 g/mol. The maximum Gasteiger partial charge on any atom is 0.317 e. The molecule has 1 N–H and O–H groups in total. The first-order valence-corrected chi connectivity index (χ1v) is 9.21. The van der Waals surface area contributed by atoms with Gasteiger partial charge in [0.1, 0.15) is 0 Å². The molecule has 1 aliphatic rings. The summed E-state index contributed by atoms with van der Waals surface area (Å²) in [6.07, 6.45) is 3.16. The first-order valence-electron chi connectivity index (χ1n) is 8.84. The smallest absolute Gasteiger partial charge is 0.317 e. The summed E-state index contributed by atoms with van der Waals surface area (Å²) in [5, 5.41) is 2.83. The molecule has 0 saturated heterocycles. The lowest BCUT2D eigenvalue weighted by atomic mass is 9.79. The van der Waals surface area contributed by atoms with Gasteiger partial charge < -0.3 is 4.74 Å². The number of carbonyl (C=O) groups excluding carboxylic acids is 3. The van der Waals surface area contributed by atoms with Crippen LogP contribution in [0.4, 0.5) is 0 Å². The van der Waals surface area contributed by atoms with E-state index in [2.05, 4.69) is 5.32 Å². The predicted octanol–water partition coefficient (Wildman–Crippen LogP) is 3.65. The highest BCUT2D eigenvalue weighted by Crippen LogP contribution is 2.42. The van der Waals surface area contributed by atoms with Gasteiger partial charge in [0, 0.05) is 10.6 Å². The van der Waals surface area contributed by atoms with E-state index in [1.54, 1.807) is 42.5 Å². The molecule has 3 rings (SSSR count). The van der Waals surface area contributed by atoms with E-state index in [1.165, 1.54) is 0 Å². The van der Waals surface area contributed by atoms with Crippen molar-refractivity contribution in [1.29, 1.82) is 0 Å².